The van der Waals surface area contributed by atoms with Crippen LogP contribution in [-0.2, 0) is 9.59 Å². The van der Waals surface area contributed by atoms with Gasteiger partial charge in [-0.3, -0.25) is 9.59 Å². The molecule has 0 aliphatic carbocycles. The summed E-state index contributed by atoms with van der Waals surface area (Å²) >= 11 is 1.64. The molecular weight excluding hydrogens is 310 g/mol. The van der Waals surface area contributed by atoms with E-state index in [0.29, 0.717) is 25.9 Å². The third kappa shape index (κ3) is 4.01. The van der Waals surface area contributed by atoms with Crippen LogP contribution in [0.2, 0.25) is 0 Å². The molecule has 0 aromatic carbocycles. The Kier molecular flexibility index (Phi) is 5.12. The molecule has 2 aromatic heterocycles. The molecule has 0 bridgehead atoms. The Bertz CT molecular complexity index is 603. The van der Waals surface area contributed by atoms with E-state index in [-0.39, 0.29) is 17.9 Å². The summed E-state index contributed by atoms with van der Waals surface area (Å²) in [5.74, 6) is 0.212. The monoisotopic (exact) mass is 331 g/mol. The molecule has 1 atom stereocenters. The Morgan fingerprint density at radius 2 is 2.17 bits per heavy atom. The number of thiophene rings is 1. The van der Waals surface area contributed by atoms with Gasteiger partial charge in [-0.1, -0.05) is 0 Å². The molecule has 3 heterocycles. The third-order valence-corrected chi connectivity index (χ3v) is 4.87. The summed E-state index contributed by atoms with van der Waals surface area (Å²) in [6.45, 7) is 1.94. The SMILES string of the molecule is O=C(CC(c1ccsc1)n1cccc1)NCCN1CCCC1=O. The van der Waals surface area contributed by atoms with Crippen LogP contribution in [0.4, 0.5) is 0 Å². The van der Waals surface area contributed by atoms with Crippen LogP contribution < -0.4 is 5.32 Å². The molecule has 2 aromatic rings. The predicted molar refractivity (Wildman–Crippen MR) is 90.3 cm³/mol. The summed E-state index contributed by atoms with van der Waals surface area (Å²) in [5.41, 5.74) is 1.15. The lowest BCUT2D eigenvalue weighted by Crippen LogP contribution is -2.36. The van der Waals surface area contributed by atoms with E-state index in [1.54, 1.807) is 11.3 Å². The molecular formula is C17H21N3O2S. The van der Waals surface area contributed by atoms with Gasteiger partial charge in [-0.05, 0) is 40.9 Å². The number of nitrogens with one attached hydrogen (secondary N) is 1. The number of nitrogens with zero attached hydrogens (tertiary/aromatic N) is 2. The molecule has 5 nitrogen and oxygen atoms in total. The van der Waals surface area contributed by atoms with E-state index in [0.717, 1.165) is 18.5 Å². The quantitative estimate of drug-likeness (QED) is 0.846. The molecule has 23 heavy (non-hydrogen) atoms. The number of aromatic nitrogens is 1. The van der Waals surface area contributed by atoms with Gasteiger partial charge in [0.1, 0.15) is 0 Å². The Labute approximate surface area is 139 Å². The molecule has 1 N–H and O–H groups in total. The van der Waals surface area contributed by atoms with Crippen molar-refractivity contribution in [2.75, 3.05) is 19.6 Å². The molecule has 1 aliphatic rings. The van der Waals surface area contributed by atoms with E-state index in [9.17, 15) is 9.59 Å². The van der Waals surface area contributed by atoms with E-state index in [1.807, 2.05) is 34.8 Å². The number of carbonyl (C=O) groups is 2. The molecule has 1 aliphatic heterocycles. The van der Waals surface area contributed by atoms with Crippen LogP contribution in [0, 0.1) is 0 Å². The van der Waals surface area contributed by atoms with Crippen molar-refractivity contribution in [2.24, 2.45) is 0 Å². The van der Waals surface area contributed by atoms with Crippen LogP contribution in [-0.4, -0.2) is 40.9 Å². The normalized spacial score (nSPS) is 15.8. The van der Waals surface area contributed by atoms with Crippen LogP contribution in [0.25, 0.3) is 0 Å². The zero-order chi connectivity index (χ0) is 16.1. The topological polar surface area (TPSA) is 54.3 Å². The Morgan fingerprint density at radius 1 is 1.35 bits per heavy atom. The van der Waals surface area contributed by atoms with Gasteiger partial charge >= 0.3 is 0 Å². The van der Waals surface area contributed by atoms with Crippen molar-refractivity contribution in [2.45, 2.75) is 25.3 Å². The average Bonchev–Trinajstić information content (AvgIpc) is 3.28. The largest absolute Gasteiger partial charge is 0.354 e. The summed E-state index contributed by atoms with van der Waals surface area (Å²) in [5, 5.41) is 7.06. The van der Waals surface area contributed by atoms with E-state index >= 15 is 0 Å². The van der Waals surface area contributed by atoms with Crippen LogP contribution in [0.3, 0.4) is 0 Å². The van der Waals surface area contributed by atoms with E-state index in [1.165, 1.54) is 0 Å². The molecule has 1 saturated heterocycles. The summed E-state index contributed by atoms with van der Waals surface area (Å²) in [7, 11) is 0. The lowest BCUT2D eigenvalue weighted by Gasteiger charge is -2.19. The minimum atomic E-state index is 0.0153. The molecule has 1 fully saturated rings. The van der Waals surface area contributed by atoms with Gasteiger partial charge in [0, 0.05) is 38.4 Å². The standard InChI is InChI=1S/C17H21N3O2S/c21-16(18-6-10-20-9-3-4-17(20)22)12-15(14-5-11-23-13-14)19-7-1-2-8-19/h1-2,5,7-8,11,13,15H,3-4,6,9-10,12H2,(H,18,21). The van der Waals surface area contributed by atoms with Gasteiger partial charge in [-0.2, -0.15) is 11.3 Å². The number of hydrogen-bond acceptors (Lipinski definition) is 3. The van der Waals surface area contributed by atoms with Gasteiger partial charge in [-0.25, -0.2) is 0 Å². The van der Waals surface area contributed by atoms with Gasteiger partial charge in [0.05, 0.1) is 12.5 Å². The number of amides is 2. The van der Waals surface area contributed by atoms with Gasteiger partial charge in [-0.15, -0.1) is 0 Å². The predicted octanol–water partition coefficient (Wildman–Crippen LogP) is 2.27. The van der Waals surface area contributed by atoms with E-state index < -0.39 is 0 Å². The highest BCUT2D eigenvalue weighted by atomic mass is 32.1. The maximum absolute atomic E-state index is 12.3. The summed E-state index contributed by atoms with van der Waals surface area (Å²) < 4.78 is 2.06. The summed E-state index contributed by atoms with van der Waals surface area (Å²) in [6.07, 6.45) is 5.94. The van der Waals surface area contributed by atoms with Crippen molar-refractivity contribution in [3.8, 4) is 0 Å². The Morgan fingerprint density at radius 3 is 2.83 bits per heavy atom. The van der Waals surface area contributed by atoms with Crippen molar-refractivity contribution < 1.29 is 9.59 Å². The van der Waals surface area contributed by atoms with E-state index in [2.05, 4.69) is 21.3 Å². The zero-order valence-electron chi connectivity index (χ0n) is 13.0. The lowest BCUT2D eigenvalue weighted by molar-refractivity contribution is -0.128. The van der Waals surface area contributed by atoms with Crippen molar-refractivity contribution in [3.05, 3.63) is 46.9 Å². The van der Waals surface area contributed by atoms with Crippen LogP contribution in [0.15, 0.2) is 41.4 Å². The highest BCUT2D eigenvalue weighted by molar-refractivity contribution is 7.08. The zero-order valence-corrected chi connectivity index (χ0v) is 13.8. The third-order valence-electron chi connectivity index (χ3n) is 4.17. The summed E-state index contributed by atoms with van der Waals surface area (Å²) in [4.78, 5) is 25.6. The molecule has 3 rings (SSSR count). The van der Waals surface area contributed by atoms with Crippen LogP contribution >= 0.6 is 11.3 Å². The average molecular weight is 331 g/mol. The highest BCUT2D eigenvalue weighted by Gasteiger charge is 2.20. The number of carbonyl (C=O) groups excluding carboxylic acids is 2. The molecule has 0 spiro atoms. The number of likely N-dealkylation sites (tertiary alicyclic amines) is 1. The minimum Gasteiger partial charge on any atom is -0.354 e. The van der Waals surface area contributed by atoms with Crippen molar-refractivity contribution in [1.29, 1.82) is 0 Å². The fourth-order valence-electron chi connectivity index (χ4n) is 2.93. The second kappa shape index (κ2) is 7.46. The number of hydrogen-bond donors (Lipinski definition) is 1. The van der Waals surface area contributed by atoms with E-state index in [4.69, 9.17) is 0 Å². The maximum atomic E-state index is 12.3. The fraction of sp³-hybridized carbons (Fsp3) is 0.412. The van der Waals surface area contributed by atoms with Gasteiger partial charge in [0.15, 0.2) is 0 Å². The maximum Gasteiger partial charge on any atom is 0.222 e. The minimum absolute atomic E-state index is 0.0153. The number of rotatable bonds is 7. The summed E-state index contributed by atoms with van der Waals surface area (Å²) in [6, 6.07) is 6.02. The molecule has 122 valence electrons. The highest BCUT2D eigenvalue weighted by Crippen LogP contribution is 2.24. The first-order chi connectivity index (χ1) is 11.2. The van der Waals surface area contributed by atoms with Crippen LogP contribution in [0.5, 0.6) is 0 Å². The molecule has 1 unspecified atom stereocenters. The fourth-order valence-corrected chi connectivity index (χ4v) is 3.64. The molecule has 0 saturated carbocycles. The van der Waals surface area contributed by atoms with Gasteiger partial charge < -0.3 is 14.8 Å². The van der Waals surface area contributed by atoms with Crippen molar-refractivity contribution in [3.63, 3.8) is 0 Å². The van der Waals surface area contributed by atoms with Crippen molar-refractivity contribution >= 4 is 23.2 Å². The second-order valence-corrected chi connectivity index (χ2v) is 6.52. The van der Waals surface area contributed by atoms with Crippen LogP contribution in [0.1, 0.15) is 30.9 Å². The Balaban J connectivity index is 1.53. The first-order valence-electron chi connectivity index (χ1n) is 7.93. The van der Waals surface area contributed by atoms with Gasteiger partial charge in [0.25, 0.3) is 0 Å². The van der Waals surface area contributed by atoms with Gasteiger partial charge in [0.2, 0.25) is 11.8 Å². The first kappa shape index (κ1) is 15.8. The molecule has 2 amide bonds. The Hall–Kier alpha value is -2.08. The van der Waals surface area contributed by atoms with Crippen molar-refractivity contribution in [1.82, 2.24) is 14.8 Å². The first-order valence-corrected chi connectivity index (χ1v) is 8.87. The lowest BCUT2D eigenvalue weighted by atomic mass is 10.1. The molecule has 0 radical (unpaired) electrons. The molecule has 6 heteroatoms. The smallest absolute Gasteiger partial charge is 0.222 e. The second-order valence-electron chi connectivity index (χ2n) is 5.74.